The summed E-state index contributed by atoms with van der Waals surface area (Å²) in [6, 6.07) is 12.8. The molecule has 0 unspecified atom stereocenters. The molecule has 4 nitrogen and oxygen atoms in total. The number of anilines is 1. The summed E-state index contributed by atoms with van der Waals surface area (Å²) in [6.45, 7) is 0. The SMILES string of the molecule is COc1ccc(-c2ccc(CC(=O)O)cc2)c(N)c1. The quantitative estimate of drug-likeness (QED) is 0.826. The van der Waals surface area contributed by atoms with Gasteiger partial charge in [0.15, 0.2) is 0 Å². The Kier molecular flexibility index (Phi) is 3.71. The molecule has 2 aromatic rings. The van der Waals surface area contributed by atoms with Crippen molar-refractivity contribution in [3.8, 4) is 16.9 Å². The van der Waals surface area contributed by atoms with Crippen LogP contribution in [0.5, 0.6) is 5.75 Å². The van der Waals surface area contributed by atoms with Gasteiger partial charge in [-0.1, -0.05) is 24.3 Å². The lowest BCUT2D eigenvalue weighted by Crippen LogP contribution is -1.99. The fraction of sp³-hybridized carbons (Fsp3) is 0.133. The summed E-state index contributed by atoms with van der Waals surface area (Å²) >= 11 is 0. The van der Waals surface area contributed by atoms with E-state index in [1.54, 1.807) is 25.3 Å². The van der Waals surface area contributed by atoms with E-state index in [2.05, 4.69) is 0 Å². The predicted octanol–water partition coefficient (Wildman–Crippen LogP) is 2.57. The fourth-order valence-corrected chi connectivity index (χ4v) is 1.91. The second-order valence-electron chi connectivity index (χ2n) is 4.22. The van der Waals surface area contributed by atoms with Gasteiger partial charge in [0.1, 0.15) is 5.75 Å². The molecule has 0 aliphatic rings. The normalized spacial score (nSPS) is 10.2. The zero-order valence-corrected chi connectivity index (χ0v) is 10.6. The number of ether oxygens (including phenoxy) is 1. The first kappa shape index (κ1) is 13.0. The minimum absolute atomic E-state index is 0.0262. The van der Waals surface area contributed by atoms with Crippen molar-refractivity contribution in [3.05, 3.63) is 48.0 Å². The minimum atomic E-state index is -0.836. The maximum atomic E-state index is 10.6. The molecule has 0 aromatic heterocycles. The van der Waals surface area contributed by atoms with Crippen molar-refractivity contribution >= 4 is 11.7 Å². The molecule has 0 bridgehead atoms. The Bertz CT molecular complexity index is 591. The van der Waals surface area contributed by atoms with Crippen LogP contribution in [0, 0.1) is 0 Å². The van der Waals surface area contributed by atoms with E-state index in [4.69, 9.17) is 15.6 Å². The molecular formula is C15H15NO3. The molecule has 0 heterocycles. The average Bonchev–Trinajstić information content (AvgIpc) is 2.39. The van der Waals surface area contributed by atoms with Crippen LogP contribution in [-0.4, -0.2) is 18.2 Å². The molecule has 19 heavy (non-hydrogen) atoms. The van der Waals surface area contributed by atoms with Gasteiger partial charge >= 0.3 is 5.97 Å². The largest absolute Gasteiger partial charge is 0.497 e. The number of hydrogen-bond acceptors (Lipinski definition) is 3. The molecular weight excluding hydrogens is 242 g/mol. The molecule has 0 spiro atoms. The van der Waals surface area contributed by atoms with Gasteiger partial charge in [-0.25, -0.2) is 0 Å². The minimum Gasteiger partial charge on any atom is -0.497 e. The van der Waals surface area contributed by atoms with Gasteiger partial charge in [-0.15, -0.1) is 0 Å². The lowest BCUT2D eigenvalue weighted by atomic mass is 10.0. The number of nitrogen functional groups attached to an aromatic ring is 1. The molecule has 0 aliphatic carbocycles. The first-order chi connectivity index (χ1) is 9.10. The van der Waals surface area contributed by atoms with Crippen LogP contribution in [0.25, 0.3) is 11.1 Å². The molecule has 0 atom stereocenters. The fourth-order valence-electron chi connectivity index (χ4n) is 1.91. The van der Waals surface area contributed by atoms with Crippen LogP contribution in [0.2, 0.25) is 0 Å². The van der Waals surface area contributed by atoms with Crippen LogP contribution in [0.15, 0.2) is 42.5 Å². The van der Waals surface area contributed by atoms with Gasteiger partial charge in [0.25, 0.3) is 0 Å². The van der Waals surface area contributed by atoms with E-state index in [1.165, 1.54) is 0 Å². The van der Waals surface area contributed by atoms with Crippen LogP contribution >= 0.6 is 0 Å². The molecule has 0 radical (unpaired) electrons. The number of methoxy groups -OCH3 is 1. The van der Waals surface area contributed by atoms with Gasteiger partial charge in [-0.3, -0.25) is 4.79 Å². The number of hydrogen-bond donors (Lipinski definition) is 2. The number of carbonyl (C=O) groups is 1. The molecule has 0 fully saturated rings. The van der Waals surface area contributed by atoms with Crippen LogP contribution < -0.4 is 10.5 Å². The van der Waals surface area contributed by atoms with Crippen molar-refractivity contribution < 1.29 is 14.6 Å². The standard InChI is InChI=1S/C15H15NO3/c1-19-12-6-7-13(14(16)9-12)11-4-2-10(3-5-11)8-15(17)18/h2-7,9H,8,16H2,1H3,(H,17,18). The summed E-state index contributed by atoms with van der Waals surface area (Å²) in [6.07, 6.45) is 0.0262. The molecule has 3 N–H and O–H groups in total. The van der Waals surface area contributed by atoms with Crippen molar-refractivity contribution in [1.82, 2.24) is 0 Å². The lowest BCUT2D eigenvalue weighted by Gasteiger charge is -2.08. The molecule has 2 aromatic carbocycles. The molecule has 0 saturated carbocycles. The first-order valence-electron chi connectivity index (χ1n) is 5.85. The lowest BCUT2D eigenvalue weighted by molar-refractivity contribution is -0.136. The van der Waals surface area contributed by atoms with E-state index in [9.17, 15) is 4.79 Å². The molecule has 0 aliphatic heterocycles. The summed E-state index contributed by atoms with van der Waals surface area (Å²) in [5, 5.41) is 8.72. The Morgan fingerprint density at radius 2 is 1.89 bits per heavy atom. The highest BCUT2D eigenvalue weighted by Crippen LogP contribution is 2.29. The van der Waals surface area contributed by atoms with Crippen LogP contribution in [0.4, 0.5) is 5.69 Å². The van der Waals surface area contributed by atoms with Gasteiger partial charge < -0.3 is 15.6 Å². The Hall–Kier alpha value is -2.49. The smallest absolute Gasteiger partial charge is 0.307 e. The topological polar surface area (TPSA) is 72.5 Å². The van der Waals surface area contributed by atoms with E-state index >= 15 is 0 Å². The summed E-state index contributed by atoms with van der Waals surface area (Å²) in [4.78, 5) is 10.6. The summed E-state index contributed by atoms with van der Waals surface area (Å²) in [5.41, 5.74) is 9.23. The Morgan fingerprint density at radius 3 is 2.42 bits per heavy atom. The second kappa shape index (κ2) is 5.44. The third kappa shape index (κ3) is 3.04. The third-order valence-corrected chi connectivity index (χ3v) is 2.88. The zero-order valence-electron chi connectivity index (χ0n) is 10.6. The number of carboxylic acid groups (broad SMARTS) is 1. The van der Waals surface area contributed by atoms with Gasteiger partial charge in [0.05, 0.1) is 13.5 Å². The molecule has 98 valence electrons. The summed E-state index contributed by atoms with van der Waals surface area (Å²) in [7, 11) is 1.59. The van der Waals surface area contributed by atoms with E-state index in [-0.39, 0.29) is 6.42 Å². The van der Waals surface area contributed by atoms with Gasteiger partial charge in [0.2, 0.25) is 0 Å². The first-order valence-corrected chi connectivity index (χ1v) is 5.85. The van der Waals surface area contributed by atoms with Crippen molar-refractivity contribution in [2.24, 2.45) is 0 Å². The van der Waals surface area contributed by atoms with Crippen molar-refractivity contribution in [3.63, 3.8) is 0 Å². The maximum Gasteiger partial charge on any atom is 0.307 e. The maximum absolute atomic E-state index is 10.6. The van der Waals surface area contributed by atoms with Gasteiger partial charge in [-0.2, -0.15) is 0 Å². The van der Waals surface area contributed by atoms with E-state index in [0.717, 1.165) is 16.7 Å². The third-order valence-electron chi connectivity index (χ3n) is 2.88. The van der Waals surface area contributed by atoms with Gasteiger partial charge in [0, 0.05) is 17.3 Å². The van der Waals surface area contributed by atoms with E-state index in [0.29, 0.717) is 11.4 Å². The molecule has 0 saturated heterocycles. The average molecular weight is 257 g/mol. The Morgan fingerprint density at radius 1 is 1.21 bits per heavy atom. The highest BCUT2D eigenvalue weighted by atomic mass is 16.5. The van der Waals surface area contributed by atoms with Crippen molar-refractivity contribution in [1.29, 1.82) is 0 Å². The predicted molar refractivity (Wildman–Crippen MR) is 74.2 cm³/mol. The Labute approximate surface area is 111 Å². The van der Waals surface area contributed by atoms with Crippen LogP contribution in [0.3, 0.4) is 0 Å². The zero-order chi connectivity index (χ0) is 13.8. The number of benzene rings is 2. The Balaban J connectivity index is 2.29. The van der Waals surface area contributed by atoms with Gasteiger partial charge in [-0.05, 0) is 23.3 Å². The van der Waals surface area contributed by atoms with E-state index in [1.807, 2.05) is 24.3 Å². The number of rotatable bonds is 4. The second-order valence-corrected chi connectivity index (χ2v) is 4.22. The molecule has 2 rings (SSSR count). The summed E-state index contributed by atoms with van der Waals surface area (Å²) in [5.74, 6) is -0.125. The number of aliphatic carboxylic acids is 1. The summed E-state index contributed by atoms with van der Waals surface area (Å²) < 4.78 is 5.10. The molecule has 0 amide bonds. The molecule has 4 heteroatoms. The number of carboxylic acids is 1. The monoisotopic (exact) mass is 257 g/mol. The number of nitrogens with two attached hydrogens (primary N) is 1. The highest BCUT2D eigenvalue weighted by Gasteiger charge is 2.05. The van der Waals surface area contributed by atoms with E-state index < -0.39 is 5.97 Å². The van der Waals surface area contributed by atoms with Crippen LogP contribution in [-0.2, 0) is 11.2 Å². The van der Waals surface area contributed by atoms with Crippen LogP contribution in [0.1, 0.15) is 5.56 Å². The highest BCUT2D eigenvalue weighted by molar-refractivity contribution is 5.78. The van der Waals surface area contributed by atoms with Crippen molar-refractivity contribution in [2.45, 2.75) is 6.42 Å². The van der Waals surface area contributed by atoms with Crippen molar-refractivity contribution in [2.75, 3.05) is 12.8 Å².